The van der Waals surface area contributed by atoms with Gasteiger partial charge in [0, 0.05) is 13.2 Å². The zero-order chi connectivity index (χ0) is 18.4. The molecule has 0 aliphatic carbocycles. The molecule has 9 nitrogen and oxygen atoms in total. The summed E-state index contributed by atoms with van der Waals surface area (Å²) in [6.45, 7) is 1.85. The van der Waals surface area contributed by atoms with E-state index in [1.54, 1.807) is 17.9 Å². The number of nitrogen functional groups attached to an aromatic ring is 1. The summed E-state index contributed by atoms with van der Waals surface area (Å²) in [6.07, 6.45) is 3.78. The average Bonchev–Trinajstić information content (AvgIpc) is 3.24. The van der Waals surface area contributed by atoms with E-state index in [4.69, 9.17) is 5.73 Å². The standard InChI is InChI=1S/C15H13FN8OS/c1-7-10(9-3-4-19-23(9)2)15(26-22-7)20-14(25)11-12(17)21-24-6-8(16)5-18-13(11)24/h3-6H,1-2H3,(H2,17,21)(H,20,25). The summed E-state index contributed by atoms with van der Waals surface area (Å²) in [5.74, 6) is -1.11. The molecule has 0 atom stereocenters. The number of aryl methyl sites for hydroxylation is 2. The third-order valence-corrected chi connectivity index (χ3v) is 4.72. The van der Waals surface area contributed by atoms with Crippen LogP contribution >= 0.6 is 11.5 Å². The molecule has 132 valence electrons. The van der Waals surface area contributed by atoms with Crippen LogP contribution in [0.25, 0.3) is 16.9 Å². The zero-order valence-corrected chi connectivity index (χ0v) is 14.6. The van der Waals surface area contributed by atoms with Crippen LogP contribution < -0.4 is 11.1 Å². The predicted octanol–water partition coefficient (Wildman–Crippen LogP) is 1.87. The number of nitrogens with one attached hydrogen (secondary N) is 1. The van der Waals surface area contributed by atoms with Crippen molar-refractivity contribution in [2.75, 3.05) is 11.1 Å². The molecule has 26 heavy (non-hydrogen) atoms. The molecule has 0 fully saturated rings. The number of carbonyl (C=O) groups excluding carboxylic acids is 1. The first-order valence-corrected chi connectivity index (χ1v) is 8.28. The number of anilines is 2. The van der Waals surface area contributed by atoms with Gasteiger partial charge in [-0.2, -0.15) is 9.47 Å². The number of amides is 1. The maximum atomic E-state index is 13.3. The van der Waals surface area contributed by atoms with Gasteiger partial charge in [0.05, 0.1) is 29.3 Å². The molecule has 0 unspecified atom stereocenters. The van der Waals surface area contributed by atoms with Gasteiger partial charge in [-0.3, -0.25) is 9.48 Å². The molecule has 0 bridgehead atoms. The van der Waals surface area contributed by atoms with Crippen molar-refractivity contribution in [2.24, 2.45) is 7.05 Å². The van der Waals surface area contributed by atoms with E-state index in [2.05, 4.69) is 24.9 Å². The van der Waals surface area contributed by atoms with Crippen molar-refractivity contribution in [1.29, 1.82) is 0 Å². The third-order valence-electron chi connectivity index (χ3n) is 3.86. The number of carbonyl (C=O) groups is 1. The summed E-state index contributed by atoms with van der Waals surface area (Å²) >= 11 is 1.15. The maximum absolute atomic E-state index is 13.3. The molecule has 4 aromatic rings. The molecule has 0 aliphatic rings. The van der Waals surface area contributed by atoms with E-state index in [0.717, 1.165) is 45.4 Å². The molecule has 4 rings (SSSR count). The second kappa shape index (κ2) is 5.88. The van der Waals surface area contributed by atoms with Crippen LogP contribution in [-0.4, -0.2) is 34.7 Å². The normalized spacial score (nSPS) is 11.2. The minimum absolute atomic E-state index is 0.0380. The Morgan fingerprint density at radius 2 is 2.23 bits per heavy atom. The molecule has 4 heterocycles. The van der Waals surface area contributed by atoms with Gasteiger partial charge in [-0.05, 0) is 24.5 Å². The van der Waals surface area contributed by atoms with Crippen molar-refractivity contribution >= 4 is 33.9 Å². The van der Waals surface area contributed by atoms with Crippen molar-refractivity contribution in [3.8, 4) is 11.3 Å². The van der Waals surface area contributed by atoms with Gasteiger partial charge in [0.15, 0.2) is 17.3 Å². The molecular weight excluding hydrogens is 359 g/mol. The van der Waals surface area contributed by atoms with Crippen molar-refractivity contribution in [2.45, 2.75) is 6.92 Å². The first-order valence-electron chi connectivity index (χ1n) is 7.51. The number of hydrogen-bond acceptors (Lipinski definition) is 7. The summed E-state index contributed by atoms with van der Waals surface area (Å²) in [4.78, 5) is 16.7. The molecule has 0 spiro atoms. The number of nitrogens with zero attached hydrogens (tertiary/aromatic N) is 6. The zero-order valence-electron chi connectivity index (χ0n) is 13.8. The summed E-state index contributed by atoms with van der Waals surface area (Å²) in [7, 11) is 1.81. The van der Waals surface area contributed by atoms with Gasteiger partial charge in [-0.15, -0.1) is 5.10 Å². The molecule has 1 amide bonds. The highest BCUT2D eigenvalue weighted by Crippen LogP contribution is 2.35. The van der Waals surface area contributed by atoms with E-state index in [1.807, 2.05) is 13.0 Å². The van der Waals surface area contributed by atoms with E-state index >= 15 is 0 Å². The highest BCUT2D eigenvalue weighted by Gasteiger charge is 2.23. The summed E-state index contributed by atoms with van der Waals surface area (Å²) in [5, 5.41) is 11.4. The van der Waals surface area contributed by atoms with Crippen LogP contribution in [0.4, 0.5) is 15.2 Å². The van der Waals surface area contributed by atoms with Gasteiger partial charge >= 0.3 is 0 Å². The average molecular weight is 372 g/mol. The molecule has 0 saturated carbocycles. The lowest BCUT2D eigenvalue weighted by atomic mass is 10.2. The van der Waals surface area contributed by atoms with Crippen molar-refractivity contribution in [3.05, 3.63) is 41.7 Å². The van der Waals surface area contributed by atoms with Crippen molar-refractivity contribution in [3.63, 3.8) is 0 Å². The molecule has 4 aromatic heterocycles. The highest BCUT2D eigenvalue weighted by atomic mass is 32.1. The SMILES string of the molecule is Cc1nsc(NC(=O)c2c(N)nn3cc(F)cnc23)c1-c1ccnn1C. The Morgan fingerprint density at radius 3 is 2.96 bits per heavy atom. The second-order valence-corrected chi connectivity index (χ2v) is 6.34. The van der Waals surface area contributed by atoms with E-state index in [9.17, 15) is 9.18 Å². The Labute approximate surface area is 150 Å². The fourth-order valence-electron chi connectivity index (χ4n) is 2.69. The largest absolute Gasteiger partial charge is 0.381 e. The summed E-state index contributed by atoms with van der Waals surface area (Å²) in [6, 6.07) is 1.83. The smallest absolute Gasteiger partial charge is 0.264 e. The number of rotatable bonds is 3. The van der Waals surface area contributed by atoms with E-state index in [0.29, 0.717) is 5.00 Å². The Morgan fingerprint density at radius 1 is 1.42 bits per heavy atom. The maximum Gasteiger partial charge on any atom is 0.264 e. The van der Waals surface area contributed by atoms with Crippen LogP contribution in [0.3, 0.4) is 0 Å². The highest BCUT2D eigenvalue weighted by molar-refractivity contribution is 7.11. The second-order valence-electron chi connectivity index (χ2n) is 5.57. The van der Waals surface area contributed by atoms with Gasteiger partial charge in [-0.1, -0.05) is 0 Å². The molecule has 0 radical (unpaired) electrons. The van der Waals surface area contributed by atoms with Gasteiger partial charge in [0.25, 0.3) is 5.91 Å². The van der Waals surface area contributed by atoms with Crippen molar-refractivity contribution < 1.29 is 9.18 Å². The lowest BCUT2D eigenvalue weighted by molar-refractivity contribution is 0.102. The fraction of sp³-hybridized carbons (Fsp3) is 0.133. The third kappa shape index (κ3) is 2.49. The van der Waals surface area contributed by atoms with Crippen LogP contribution in [0, 0.1) is 12.7 Å². The topological polar surface area (TPSA) is 116 Å². The van der Waals surface area contributed by atoms with Crippen LogP contribution in [-0.2, 0) is 7.05 Å². The quantitative estimate of drug-likeness (QED) is 0.567. The minimum atomic E-state index is -0.580. The van der Waals surface area contributed by atoms with Crippen LogP contribution in [0.15, 0.2) is 24.7 Å². The minimum Gasteiger partial charge on any atom is -0.381 e. The number of nitrogens with two attached hydrogens (primary N) is 1. The summed E-state index contributed by atoms with van der Waals surface area (Å²) < 4.78 is 20.4. The summed E-state index contributed by atoms with van der Waals surface area (Å²) in [5.41, 5.74) is 8.45. The predicted molar refractivity (Wildman–Crippen MR) is 94.4 cm³/mol. The Hall–Kier alpha value is -3.34. The van der Waals surface area contributed by atoms with E-state index in [1.165, 1.54) is 0 Å². The fourth-order valence-corrected chi connectivity index (χ4v) is 3.49. The van der Waals surface area contributed by atoms with E-state index < -0.39 is 11.7 Å². The van der Waals surface area contributed by atoms with Gasteiger partial charge in [0.2, 0.25) is 0 Å². The van der Waals surface area contributed by atoms with E-state index in [-0.39, 0.29) is 17.0 Å². The van der Waals surface area contributed by atoms with Crippen LogP contribution in [0.2, 0.25) is 0 Å². The Balaban J connectivity index is 1.75. The number of halogens is 1. The van der Waals surface area contributed by atoms with Crippen molar-refractivity contribution in [1.82, 2.24) is 28.8 Å². The number of aromatic nitrogens is 6. The monoisotopic (exact) mass is 372 g/mol. The van der Waals surface area contributed by atoms with Gasteiger partial charge < -0.3 is 11.1 Å². The lowest BCUT2D eigenvalue weighted by Gasteiger charge is -2.06. The molecular formula is C15H13FN8OS. The molecule has 0 aliphatic heterocycles. The molecule has 3 N–H and O–H groups in total. The number of fused-ring (bicyclic) bond motifs is 1. The number of hydrogen-bond donors (Lipinski definition) is 2. The lowest BCUT2D eigenvalue weighted by Crippen LogP contribution is -2.14. The molecule has 0 saturated heterocycles. The molecule has 0 aromatic carbocycles. The first-order chi connectivity index (χ1) is 12.5. The molecule has 11 heteroatoms. The van der Waals surface area contributed by atoms with Crippen LogP contribution in [0.5, 0.6) is 0 Å². The Kier molecular flexibility index (Phi) is 3.65. The first kappa shape index (κ1) is 16.1. The van der Waals surface area contributed by atoms with Gasteiger partial charge in [-0.25, -0.2) is 13.9 Å². The van der Waals surface area contributed by atoms with Gasteiger partial charge in [0.1, 0.15) is 10.6 Å². The van der Waals surface area contributed by atoms with Crippen LogP contribution in [0.1, 0.15) is 16.1 Å². The Bertz CT molecular complexity index is 1140.